The molecule has 0 radical (unpaired) electrons. The van der Waals surface area contributed by atoms with Crippen molar-refractivity contribution in [3.8, 4) is 0 Å². The van der Waals surface area contributed by atoms with E-state index in [2.05, 4.69) is 20.6 Å². The van der Waals surface area contributed by atoms with Gasteiger partial charge >= 0.3 is 11.9 Å². The van der Waals surface area contributed by atoms with Crippen LogP contribution in [0.15, 0.2) is 42.9 Å². The standard InChI is InChI=1S/C17H20N4O5/c22-15(23)9-19-13(7-12-8-18-10-20-12)16(24)21-14(17(25)26)6-11-4-2-1-3-5-11/h1-5,8,10,13-14,19H,6-7,9H2,(H,18,20)(H,21,24)(H,22,23)(H,25,26)/t13-,14-/m0/s1. The van der Waals surface area contributed by atoms with Crippen LogP contribution in [0.4, 0.5) is 0 Å². The number of aromatic nitrogens is 2. The summed E-state index contributed by atoms with van der Waals surface area (Å²) in [6.45, 7) is -0.428. The fourth-order valence-corrected chi connectivity index (χ4v) is 2.41. The van der Waals surface area contributed by atoms with Crippen molar-refractivity contribution in [2.24, 2.45) is 0 Å². The van der Waals surface area contributed by atoms with Gasteiger partial charge in [-0.1, -0.05) is 30.3 Å². The number of aliphatic carboxylic acids is 2. The summed E-state index contributed by atoms with van der Waals surface area (Å²) in [4.78, 5) is 41.5. The number of H-pyrrole nitrogens is 1. The van der Waals surface area contributed by atoms with Gasteiger partial charge in [0.05, 0.1) is 18.9 Å². The van der Waals surface area contributed by atoms with Crippen LogP contribution in [-0.2, 0) is 27.2 Å². The molecular formula is C17H20N4O5. The lowest BCUT2D eigenvalue weighted by atomic mass is 10.0. The molecule has 9 heteroatoms. The maximum atomic E-state index is 12.5. The van der Waals surface area contributed by atoms with Crippen LogP contribution in [0.3, 0.4) is 0 Å². The van der Waals surface area contributed by atoms with Crippen LogP contribution in [0, 0.1) is 0 Å². The van der Waals surface area contributed by atoms with E-state index in [-0.39, 0.29) is 12.8 Å². The lowest BCUT2D eigenvalue weighted by molar-refractivity contribution is -0.142. The maximum Gasteiger partial charge on any atom is 0.326 e. The summed E-state index contributed by atoms with van der Waals surface area (Å²) in [6, 6.07) is 6.88. The zero-order chi connectivity index (χ0) is 18.9. The number of aromatic amines is 1. The number of benzene rings is 1. The zero-order valence-corrected chi connectivity index (χ0v) is 13.9. The van der Waals surface area contributed by atoms with Crippen molar-refractivity contribution < 1.29 is 24.6 Å². The minimum atomic E-state index is -1.17. The highest BCUT2D eigenvalue weighted by Crippen LogP contribution is 2.05. The number of carbonyl (C=O) groups excluding carboxylic acids is 1. The van der Waals surface area contributed by atoms with E-state index in [9.17, 15) is 19.5 Å². The van der Waals surface area contributed by atoms with Crippen molar-refractivity contribution in [3.05, 3.63) is 54.1 Å². The highest BCUT2D eigenvalue weighted by atomic mass is 16.4. The van der Waals surface area contributed by atoms with Gasteiger partial charge in [-0.3, -0.25) is 14.9 Å². The molecule has 26 heavy (non-hydrogen) atoms. The van der Waals surface area contributed by atoms with Gasteiger partial charge in [0.15, 0.2) is 0 Å². The fraction of sp³-hybridized carbons (Fsp3) is 0.294. The van der Waals surface area contributed by atoms with E-state index in [1.807, 2.05) is 6.07 Å². The second kappa shape index (κ2) is 9.33. The summed E-state index contributed by atoms with van der Waals surface area (Å²) in [7, 11) is 0. The first-order valence-electron chi connectivity index (χ1n) is 7.95. The minimum absolute atomic E-state index is 0.123. The van der Waals surface area contributed by atoms with E-state index in [1.165, 1.54) is 12.5 Å². The first-order valence-corrected chi connectivity index (χ1v) is 7.95. The van der Waals surface area contributed by atoms with Crippen LogP contribution in [0.1, 0.15) is 11.3 Å². The van der Waals surface area contributed by atoms with Crippen molar-refractivity contribution in [3.63, 3.8) is 0 Å². The van der Waals surface area contributed by atoms with E-state index >= 15 is 0 Å². The molecule has 0 bridgehead atoms. The van der Waals surface area contributed by atoms with E-state index in [0.29, 0.717) is 5.69 Å². The van der Waals surface area contributed by atoms with Crippen molar-refractivity contribution >= 4 is 17.8 Å². The SMILES string of the molecule is O=C(O)CN[C@@H](Cc1cnc[nH]1)C(=O)N[C@@H](Cc1ccccc1)C(=O)O. The first-order chi connectivity index (χ1) is 12.5. The Morgan fingerprint density at radius 1 is 1.08 bits per heavy atom. The third kappa shape index (κ3) is 6.02. The number of nitrogens with one attached hydrogen (secondary N) is 3. The molecule has 9 nitrogen and oxygen atoms in total. The Kier molecular flexibility index (Phi) is 6.86. The van der Waals surface area contributed by atoms with Crippen LogP contribution < -0.4 is 10.6 Å². The third-order valence-electron chi connectivity index (χ3n) is 3.69. The lowest BCUT2D eigenvalue weighted by Gasteiger charge is -2.20. The molecule has 1 amide bonds. The summed E-state index contributed by atoms with van der Waals surface area (Å²) in [5.41, 5.74) is 1.39. The Morgan fingerprint density at radius 2 is 1.81 bits per heavy atom. The number of hydrogen-bond acceptors (Lipinski definition) is 5. The van der Waals surface area contributed by atoms with E-state index in [1.54, 1.807) is 24.3 Å². The number of rotatable bonds is 10. The fourth-order valence-electron chi connectivity index (χ4n) is 2.41. The average Bonchev–Trinajstić information content (AvgIpc) is 3.11. The first kappa shape index (κ1) is 19.1. The monoisotopic (exact) mass is 360 g/mol. The molecule has 5 N–H and O–H groups in total. The average molecular weight is 360 g/mol. The summed E-state index contributed by atoms with van der Waals surface area (Å²) < 4.78 is 0. The van der Waals surface area contributed by atoms with Crippen LogP contribution in [0.5, 0.6) is 0 Å². The smallest absolute Gasteiger partial charge is 0.326 e. The van der Waals surface area contributed by atoms with Gasteiger partial charge < -0.3 is 20.5 Å². The number of amides is 1. The van der Waals surface area contributed by atoms with Crippen molar-refractivity contribution in [2.75, 3.05) is 6.54 Å². The van der Waals surface area contributed by atoms with Crippen LogP contribution in [0.25, 0.3) is 0 Å². The van der Waals surface area contributed by atoms with Crippen molar-refractivity contribution in [2.45, 2.75) is 24.9 Å². The van der Waals surface area contributed by atoms with Gasteiger partial charge in [0.1, 0.15) is 6.04 Å². The molecule has 138 valence electrons. The number of carboxylic acid groups (broad SMARTS) is 2. The number of carboxylic acids is 2. The highest BCUT2D eigenvalue weighted by Gasteiger charge is 2.26. The summed E-state index contributed by atoms with van der Waals surface area (Å²) in [5, 5.41) is 23.3. The Bertz CT molecular complexity index is 733. The third-order valence-corrected chi connectivity index (χ3v) is 3.69. The molecule has 2 atom stereocenters. The molecule has 0 fully saturated rings. The predicted molar refractivity (Wildman–Crippen MR) is 91.4 cm³/mol. The maximum absolute atomic E-state index is 12.5. The molecule has 0 aliphatic heterocycles. The summed E-state index contributed by atoms with van der Waals surface area (Å²) >= 11 is 0. The zero-order valence-electron chi connectivity index (χ0n) is 13.9. The molecule has 0 aliphatic carbocycles. The van der Waals surface area contributed by atoms with Crippen LogP contribution >= 0.6 is 0 Å². The molecule has 1 aromatic heterocycles. The molecular weight excluding hydrogens is 340 g/mol. The Hall–Kier alpha value is -3.20. The lowest BCUT2D eigenvalue weighted by Crippen LogP contribution is -2.52. The molecule has 1 heterocycles. The topological polar surface area (TPSA) is 144 Å². The normalized spacial score (nSPS) is 12.9. The second-order valence-electron chi connectivity index (χ2n) is 5.70. The van der Waals surface area contributed by atoms with Crippen molar-refractivity contribution in [1.82, 2.24) is 20.6 Å². The molecule has 2 aromatic rings. The summed E-state index contributed by atoms with van der Waals surface area (Å²) in [6.07, 6.45) is 3.23. The Morgan fingerprint density at radius 3 is 2.38 bits per heavy atom. The van der Waals surface area contributed by atoms with Gasteiger partial charge in [-0.2, -0.15) is 0 Å². The second-order valence-corrected chi connectivity index (χ2v) is 5.70. The molecule has 1 aromatic carbocycles. The number of imidazole rings is 1. The van der Waals surface area contributed by atoms with Crippen LogP contribution in [0.2, 0.25) is 0 Å². The van der Waals surface area contributed by atoms with Gasteiger partial charge in [-0.05, 0) is 5.56 Å². The van der Waals surface area contributed by atoms with Gasteiger partial charge in [0.2, 0.25) is 5.91 Å². The minimum Gasteiger partial charge on any atom is -0.480 e. The van der Waals surface area contributed by atoms with Gasteiger partial charge in [0.25, 0.3) is 0 Å². The van der Waals surface area contributed by atoms with E-state index < -0.39 is 36.5 Å². The van der Waals surface area contributed by atoms with Gasteiger partial charge in [-0.15, -0.1) is 0 Å². The predicted octanol–water partition coefficient (Wildman–Crippen LogP) is -0.193. The Labute approximate surface area is 149 Å². The summed E-state index contributed by atoms with van der Waals surface area (Å²) in [5.74, 6) is -2.88. The largest absolute Gasteiger partial charge is 0.480 e. The number of carbonyl (C=O) groups is 3. The van der Waals surface area contributed by atoms with Gasteiger partial charge in [-0.25, -0.2) is 9.78 Å². The van der Waals surface area contributed by atoms with Crippen LogP contribution in [-0.4, -0.2) is 56.7 Å². The molecule has 0 unspecified atom stereocenters. The molecule has 0 aliphatic rings. The highest BCUT2D eigenvalue weighted by molar-refractivity contribution is 5.87. The molecule has 0 spiro atoms. The van der Waals surface area contributed by atoms with E-state index in [0.717, 1.165) is 5.56 Å². The molecule has 0 saturated carbocycles. The van der Waals surface area contributed by atoms with Gasteiger partial charge in [0, 0.05) is 24.7 Å². The van der Waals surface area contributed by atoms with Crippen molar-refractivity contribution in [1.29, 1.82) is 0 Å². The van der Waals surface area contributed by atoms with E-state index in [4.69, 9.17) is 5.11 Å². The molecule has 0 saturated heterocycles. The quantitative estimate of drug-likeness (QED) is 0.395. The Balaban J connectivity index is 2.06. The molecule has 2 rings (SSSR count). The number of hydrogen-bond donors (Lipinski definition) is 5. The number of nitrogens with zero attached hydrogens (tertiary/aromatic N) is 1.